The van der Waals surface area contributed by atoms with Crippen LogP contribution in [0.4, 0.5) is 0 Å². The first-order valence-corrected chi connectivity index (χ1v) is 5.38. The number of aryl methyl sites for hydroxylation is 1. The molecule has 5 heteroatoms. The van der Waals surface area contributed by atoms with Gasteiger partial charge in [-0.1, -0.05) is 6.58 Å². The van der Waals surface area contributed by atoms with Crippen molar-refractivity contribution in [1.29, 1.82) is 0 Å². The highest BCUT2D eigenvalue weighted by Crippen LogP contribution is 2.15. The zero-order valence-corrected chi connectivity index (χ0v) is 9.93. The summed E-state index contributed by atoms with van der Waals surface area (Å²) >= 11 is 1.33. The Morgan fingerprint density at radius 3 is 2.56 bits per heavy atom. The lowest BCUT2D eigenvalue weighted by Crippen LogP contribution is -2.12. The maximum Gasteiger partial charge on any atom is 0.351 e. The number of carbonyl (C=O) groups is 2. The standard InChI is InChI=1S/C11H12O4S/c1-7(2)10(12)14-6-15-11(13)9-5-4-8(3)16-9/h4-5H,1,6H2,2-3H3. The smallest absolute Gasteiger partial charge is 0.351 e. The Hall–Kier alpha value is -1.62. The fourth-order valence-electron chi connectivity index (χ4n) is 0.875. The van der Waals surface area contributed by atoms with Gasteiger partial charge in [-0.25, -0.2) is 9.59 Å². The summed E-state index contributed by atoms with van der Waals surface area (Å²) in [4.78, 5) is 23.8. The van der Waals surface area contributed by atoms with Crippen molar-refractivity contribution in [2.24, 2.45) is 0 Å². The van der Waals surface area contributed by atoms with Crippen LogP contribution in [0.2, 0.25) is 0 Å². The molecule has 0 amide bonds. The van der Waals surface area contributed by atoms with E-state index >= 15 is 0 Å². The highest BCUT2D eigenvalue weighted by Gasteiger charge is 2.10. The van der Waals surface area contributed by atoms with Gasteiger partial charge in [-0.05, 0) is 26.0 Å². The molecule has 0 spiro atoms. The minimum Gasteiger partial charge on any atom is -0.425 e. The fourth-order valence-corrected chi connectivity index (χ4v) is 1.64. The normalized spacial score (nSPS) is 9.62. The zero-order chi connectivity index (χ0) is 12.1. The highest BCUT2D eigenvalue weighted by molar-refractivity contribution is 7.13. The Morgan fingerprint density at radius 1 is 1.38 bits per heavy atom. The molecule has 0 saturated carbocycles. The molecule has 1 aromatic heterocycles. The van der Waals surface area contributed by atoms with Gasteiger partial charge in [0.05, 0.1) is 0 Å². The summed E-state index contributed by atoms with van der Waals surface area (Å²) < 4.78 is 9.38. The maximum absolute atomic E-state index is 11.4. The topological polar surface area (TPSA) is 52.6 Å². The zero-order valence-electron chi connectivity index (χ0n) is 9.11. The maximum atomic E-state index is 11.4. The minimum atomic E-state index is -0.574. The third-order valence-corrected chi connectivity index (χ3v) is 2.65. The van der Waals surface area contributed by atoms with Gasteiger partial charge in [0.25, 0.3) is 0 Å². The molecule has 0 atom stereocenters. The van der Waals surface area contributed by atoms with E-state index in [-0.39, 0.29) is 12.4 Å². The van der Waals surface area contributed by atoms with Crippen molar-refractivity contribution in [1.82, 2.24) is 0 Å². The molecule has 0 aromatic carbocycles. The quantitative estimate of drug-likeness (QED) is 0.460. The Labute approximate surface area is 97.5 Å². The number of thiophene rings is 1. The SMILES string of the molecule is C=C(C)C(=O)OCOC(=O)c1ccc(C)s1. The molecule has 0 aliphatic carbocycles. The number of esters is 2. The van der Waals surface area contributed by atoms with E-state index in [1.54, 1.807) is 6.07 Å². The van der Waals surface area contributed by atoms with Crippen LogP contribution < -0.4 is 0 Å². The monoisotopic (exact) mass is 240 g/mol. The summed E-state index contributed by atoms with van der Waals surface area (Å²) in [6.45, 7) is 6.43. The summed E-state index contributed by atoms with van der Waals surface area (Å²) in [5, 5.41) is 0. The van der Waals surface area contributed by atoms with E-state index in [1.807, 2.05) is 13.0 Å². The summed E-state index contributed by atoms with van der Waals surface area (Å²) in [6.07, 6.45) is 0. The number of hydrogen-bond donors (Lipinski definition) is 0. The molecule has 1 aromatic rings. The lowest BCUT2D eigenvalue weighted by atomic mass is 10.4. The van der Waals surface area contributed by atoms with E-state index in [2.05, 4.69) is 11.3 Å². The Morgan fingerprint density at radius 2 is 2.06 bits per heavy atom. The van der Waals surface area contributed by atoms with Gasteiger partial charge >= 0.3 is 11.9 Å². The van der Waals surface area contributed by atoms with Gasteiger partial charge in [0, 0.05) is 10.5 Å². The van der Waals surface area contributed by atoms with Crippen molar-refractivity contribution in [3.63, 3.8) is 0 Å². The van der Waals surface area contributed by atoms with E-state index in [9.17, 15) is 9.59 Å². The van der Waals surface area contributed by atoms with Gasteiger partial charge in [-0.3, -0.25) is 0 Å². The molecule has 0 aliphatic rings. The fraction of sp³-hybridized carbons (Fsp3) is 0.273. The molecule has 0 saturated heterocycles. The number of rotatable bonds is 4. The second kappa shape index (κ2) is 5.46. The molecular formula is C11H12O4S. The third-order valence-electron chi connectivity index (χ3n) is 1.67. The molecule has 4 nitrogen and oxygen atoms in total. The minimum absolute atomic E-state index is 0.267. The number of ether oxygens (including phenoxy) is 2. The molecule has 0 bridgehead atoms. The van der Waals surface area contributed by atoms with Gasteiger partial charge < -0.3 is 9.47 Å². The predicted octanol–water partition coefficient (Wildman–Crippen LogP) is 2.29. The molecule has 1 heterocycles. The number of carbonyl (C=O) groups excluding carboxylic acids is 2. The van der Waals surface area contributed by atoms with Gasteiger partial charge in [0.1, 0.15) is 4.88 Å². The van der Waals surface area contributed by atoms with Crippen molar-refractivity contribution >= 4 is 23.3 Å². The first kappa shape index (κ1) is 12.4. The van der Waals surface area contributed by atoms with E-state index in [4.69, 9.17) is 4.74 Å². The molecule has 0 unspecified atom stereocenters. The van der Waals surface area contributed by atoms with E-state index in [0.29, 0.717) is 4.88 Å². The van der Waals surface area contributed by atoms with Gasteiger partial charge in [0.2, 0.25) is 6.79 Å². The molecule has 0 aliphatic heterocycles. The second-order valence-electron chi connectivity index (χ2n) is 3.17. The second-order valence-corrected chi connectivity index (χ2v) is 4.46. The summed E-state index contributed by atoms with van der Waals surface area (Å²) in [5.41, 5.74) is 0.267. The first-order chi connectivity index (χ1) is 7.50. The predicted molar refractivity (Wildman–Crippen MR) is 60.2 cm³/mol. The largest absolute Gasteiger partial charge is 0.425 e. The molecule has 86 valence electrons. The van der Waals surface area contributed by atoms with Crippen LogP contribution in [0.3, 0.4) is 0 Å². The molecular weight excluding hydrogens is 228 g/mol. The van der Waals surface area contributed by atoms with Gasteiger partial charge in [-0.15, -0.1) is 11.3 Å². The molecule has 16 heavy (non-hydrogen) atoms. The molecule has 1 rings (SSSR count). The van der Waals surface area contributed by atoms with Crippen LogP contribution in [-0.4, -0.2) is 18.7 Å². The van der Waals surface area contributed by atoms with Crippen LogP contribution in [-0.2, 0) is 14.3 Å². The van der Waals surface area contributed by atoms with Crippen LogP contribution >= 0.6 is 11.3 Å². The van der Waals surface area contributed by atoms with E-state index in [0.717, 1.165) is 4.88 Å². The van der Waals surface area contributed by atoms with Crippen LogP contribution in [0.5, 0.6) is 0 Å². The highest BCUT2D eigenvalue weighted by atomic mass is 32.1. The van der Waals surface area contributed by atoms with Crippen molar-refractivity contribution in [2.75, 3.05) is 6.79 Å². The van der Waals surface area contributed by atoms with Crippen LogP contribution in [0, 0.1) is 6.92 Å². The Balaban J connectivity index is 2.37. The molecule has 0 fully saturated rings. The van der Waals surface area contributed by atoms with Crippen molar-refractivity contribution in [3.05, 3.63) is 34.0 Å². The lowest BCUT2D eigenvalue weighted by Gasteiger charge is -2.04. The molecule has 0 N–H and O–H groups in total. The van der Waals surface area contributed by atoms with Crippen molar-refractivity contribution in [2.45, 2.75) is 13.8 Å². The van der Waals surface area contributed by atoms with Crippen molar-refractivity contribution < 1.29 is 19.1 Å². The third kappa shape index (κ3) is 3.51. The number of hydrogen-bond acceptors (Lipinski definition) is 5. The summed E-state index contributed by atoms with van der Waals surface area (Å²) in [5.74, 6) is -1.07. The van der Waals surface area contributed by atoms with Crippen LogP contribution in [0.15, 0.2) is 24.3 Å². The average Bonchev–Trinajstić information content (AvgIpc) is 2.64. The summed E-state index contributed by atoms with van der Waals surface area (Å²) in [6, 6.07) is 3.49. The van der Waals surface area contributed by atoms with Crippen LogP contribution in [0.25, 0.3) is 0 Å². The first-order valence-electron chi connectivity index (χ1n) is 4.57. The van der Waals surface area contributed by atoms with E-state index < -0.39 is 11.9 Å². The Kier molecular flexibility index (Phi) is 4.25. The van der Waals surface area contributed by atoms with Gasteiger partial charge in [-0.2, -0.15) is 0 Å². The summed E-state index contributed by atoms with van der Waals surface area (Å²) in [7, 11) is 0. The van der Waals surface area contributed by atoms with E-state index in [1.165, 1.54) is 18.3 Å². The van der Waals surface area contributed by atoms with Crippen molar-refractivity contribution in [3.8, 4) is 0 Å². The average molecular weight is 240 g/mol. The van der Waals surface area contributed by atoms with Gasteiger partial charge in [0.15, 0.2) is 0 Å². The molecule has 0 radical (unpaired) electrons. The Bertz CT molecular complexity index is 419. The van der Waals surface area contributed by atoms with Crippen LogP contribution in [0.1, 0.15) is 21.5 Å². The lowest BCUT2D eigenvalue weighted by molar-refractivity contribution is -0.147.